The van der Waals surface area contributed by atoms with Crippen LogP contribution >= 0.6 is 11.8 Å². The van der Waals surface area contributed by atoms with Gasteiger partial charge in [0.25, 0.3) is 0 Å². The molecule has 0 radical (unpaired) electrons. The summed E-state index contributed by atoms with van der Waals surface area (Å²) in [6.07, 6.45) is 3.66. The highest BCUT2D eigenvalue weighted by molar-refractivity contribution is 8.00. The van der Waals surface area contributed by atoms with Crippen LogP contribution in [0.2, 0.25) is 0 Å². The molecule has 1 aromatic heterocycles. The zero-order valence-corrected chi connectivity index (χ0v) is 17.7. The average molecular weight is 423 g/mol. The van der Waals surface area contributed by atoms with Crippen molar-refractivity contribution in [3.05, 3.63) is 82.5 Å². The minimum absolute atomic E-state index is 0.0217. The fraction of sp³-hybridized carbons (Fsp3) is 0.348. The molecule has 4 rings (SSSR count). The minimum Gasteiger partial charge on any atom is -0.355 e. The van der Waals surface area contributed by atoms with Crippen molar-refractivity contribution in [1.29, 1.82) is 0 Å². The van der Waals surface area contributed by atoms with Gasteiger partial charge in [-0.15, -0.1) is 11.8 Å². The molecule has 156 valence electrons. The molecule has 0 spiro atoms. The first-order valence-electron chi connectivity index (χ1n) is 10.4. The van der Waals surface area contributed by atoms with Crippen LogP contribution in [-0.4, -0.2) is 26.8 Å². The van der Waals surface area contributed by atoms with Crippen LogP contribution in [0, 0.1) is 0 Å². The Morgan fingerprint density at radius 2 is 1.80 bits per heavy atom. The predicted octanol–water partition coefficient (Wildman–Crippen LogP) is 3.42. The average Bonchev–Trinajstić information content (AvgIpc) is 3.12. The maximum Gasteiger partial charge on any atom is 0.345 e. The Kier molecular flexibility index (Phi) is 6.69. The van der Waals surface area contributed by atoms with Gasteiger partial charge in [-0.3, -0.25) is 9.36 Å². The van der Waals surface area contributed by atoms with E-state index in [1.807, 2.05) is 60.7 Å². The highest BCUT2D eigenvalue weighted by Gasteiger charge is 2.22. The second-order valence-corrected chi connectivity index (χ2v) is 8.58. The van der Waals surface area contributed by atoms with Crippen molar-refractivity contribution in [1.82, 2.24) is 19.7 Å². The highest BCUT2D eigenvalue weighted by atomic mass is 32.2. The fourth-order valence-electron chi connectivity index (χ4n) is 3.66. The number of aromatic nitrogens is 3. The predicted molar refractivity (Wildman–Crippen MR) is 119 cm³/mol. The standard InChI is InChI=1S/C23H26N4O2S/c28-22(21(18-10-3-1-4-11-18)30-19-12-5-2-6-13-19)24-15-9-17-27-23(29)26-16-8-7-14-20(26)25-27/h1-6,10-13,21H,7-9,14-17H2,(H,24,28). The molecular formula is C23H26N4O2S. The number of nitrogens with zero attached hydrogens (tertiary/aromatic N) is 3. The molecule has 1 aliphatic rings. The van der Waals surface area contributed by atoms with Crippen LogP contribution in [0.25, 0.3) is 0 Å². The van der Waals surface area contributed by atoms with E-state index in [1.54, 1.807) is 21.0 Å². The third kappa shape index (κ3) is 4.84. The molecule has 0 bridgehead atoms. The second kappa shape index (κ2) is 9.80. The first-order valence-corrected chi connectivity index (χ1v) is 11.3. The van der Waals surface area contributed by atoms with Crippen molar-refractivity contribution in [3.8, 4) is 0 Å². The van der Waals surface area contributed by atoms with E-state index in [-0.39, 0.29) is 16.8 Å². The zero-order valence-electron chi connectivity index (χ0n) is 16.9. The van der Waals surface area contributed by atoms with E-state index < -0.39 is 0 Å². The summed E-state index contributed by atoms with van der Waals surface area (Å²) in [4.78, 5) is 26.4. The lowest BCUT2D eigenvalue weighted by Gasteiger charge is -2.17. The van der Waals surface area contributed by atoms with Crippen LogP contribution < -0.4 is 11.0 Å². The molecule has 1 unspecified atom stereocenters. The zero-order chi connectivity index (χ0) is 20.8. The summed E-state index contributed by atoms with van der Waals surface area (Å²) < 4.78 is 3.32. The number of thioether (sulfide) groups is 1. The van der Waals surface area contributed by atoms with Crippen molar-refractivity contribution in [2.24, 2.45) is 0 Å². The summed E-state index contributed by atoms with van der Waals surface area (Å²) in [7, 11) is 0. The first kappa shape index (κ1) is 20.5. The summed E-state index contributed by atoms with van der Waals surface area (Å²) in [5.41, 5.74) is 0.944. The first-order chi connectivity index (χ1) is 14.7. The number of nitrogens with one attached hydrogen (secondary N) is 1. The topological polar surface area (TPSA) is 68.9 Å². The number of aryl methyl sites for hydroxylation is 2. The molecule has 1 N–H and O–H groups in total. The SMILES string of the molecule is O=C(NCCCn1nc2n(c1=O)CCCC2)C(Sc1ccccc1)c1ccccc1. The molecule has 0 saturated carbocycles. The lowest BCUT2D eigenvalue weighted by molar-refractivity contribution is -0.120. The van der Waals surface area contributed by atoms with Crippen molar-refractivity contribution in [2.75, 3.05) is 6.54 Å². The summed E-state index contributed by atoms with van der Waals surface area (Å²) >= 11 is 1.54. The van der Waals surface area contributed by atoms with E-state index >= 15 is 0 Å². The van der Waals surface area contributed by atoms with Gasteiger partial charge in [0.15, 0.2) is 0 Å². The van der Waals surface area contributed by atoms with Gasteiger partial charge in [0.2, 0.25) is 5.91 Å². The summed E-state index contributed by atoms with van der Waals surface area (Å²) in [6.45, 7) is 1.79. The van der Waals surface area contributed by atoms with Gasteiger partial charge in [-0.2, -0.15) is 5.10 Å². The van der Waals surface area contributed by atoms with E-state index in [9.17, 15) is 9.59 Å². The molecule has 0 saturated heterocycles. The number of benzene rings is 2. The molecule has 7 heteroatoms. The number of hydrogen-bond donors (Lipinski definition) is 1. The Balaban J connectivity index is 1.36. The molecule has 1 amide bonds. The third-order valence-electron chi connectivity index (χ3n) is 5.22. The second-order valence-electron chi connectivity index (χ2n) is 7.40. The number of carbonyl (C=O) groups is 1. The minimum atomic E-state index is -0.323. The Bertz CT molecular complexity index is 1030. The summed E-state index contributed by atoms with van der Waals surface area (Å²) in [5.74, 6) is 0.866. The highest BCUT2D eigenvalue weighted by Crippen LogP contribution is 2.35. The van der Waals surface area contributed by atoms with Gasteiger partial charge in [-0.05, 0) is 37.0 Å². The van der Waals surface area contributed by atoms with Gasteiger partial charge in [0.05, 0.1) is 0 Å². The van der Waals surface area contributed by atoms with E-state index in [4.69, 9.17) is 0 Å². The monoisotopic (exact) mass is 422 g/mol. The molecule has 0 aliphatic carbocycles. The van der Waals surface area contributed by atoms with Gasteiger partial charge < -0.3 is 5.32 Å². The van der Waals surface area contributed by atoms with Crippen LogP contribution in [0.3, 0.4) is 0 Å². The Hall–Kier alpha value is -2.80. The molecule has 6 nitrogen and oxygen atoms in total. The van der Waals surface area contributed by atoms with Gasteiger partial charge in [-0.1, -0.05) is 48.5 Å². The van der Waals surface area contributed by atoms with Crippen LogP contribution in [-0.2, 0) is 24.3 Å². The smallest absolute Gasteiger partial charge is 0.345 e. The number of hydrogen-bond acceptors (Lipinski definition) is 4. The van der Waals surface area contributed by atoms with Crippen LogP contribution in [0.5, 0.6) is 0 Å². The number of amides is 1. The maximum atomic E-state index is 13.0. The van der Waals surface area contributed by atoms with E-state index in [0.29, 0.717) is 19.5 Å². The number of carbonyl (C=O) groups excluding carboxylic acids is 1. The number of fused-ring (bicyclic) bond motifs is 1. The van der Waals surface area contributed by atoms with Crippen LogP contribution in [0.4, 0.5) is 0 Å². The quantitative estimate of drug-likeness (QED) is 0.446. The van der Waals surface area contributed by atoms with Crippen molar-refractivity contribution in [3.63, 3.8) is 0 Å². The molecule has 1 atom stereocenters. The molecule has 2 aromatic carbocycles. The van der Waals surface area contributed by atoms with Gasteiger partial charge in [0.1, 0.15) is 11.1 Å². The van der Waals surface area contributed by atoms with E-state index in [1.165, 1.54) is 0 Å². The van der Waals surface area contributed by atoms with Crippen LogP contribution in [0.15, 0.2) is 70.4 Å². The summed E-state index contributed by atoms with van der Waals surface area (Å²) in [5, 5.41) is 7.18. The largest absolute Gasteiger partial charge is 0.355 e. The summed E-state index contributed by atoms with van der Waals surface area (Å²) in [6, 6.07) is 19.8. The van der Waals surface area contributed by atoms with Crippen molar-refractivity contribution in [2.45, 2.75) is 48.9 Å². The normalized spacial score (nSPS) is 14.1. The molecule has 0 fully saturated rings. The molecule has 1 aliphatic heterocycles. The Morgan fingerprint density at radius 1 is 1.07 bits per heavy atom. The third-order valence-corrected chi connectivity index (χ3v) is 6.48. The van der Waals surface area contributed by atoms with Crippen molar-refractivity contribution < 1.29 is 4.79 Å². The molecule has 2 heterocycles. The van der Waals surface area contributed by atoms with Gasteiger partial charge >= 0.3 is 5.69 Å². The maximum absolute atomic E-state index is 13.0. The van der Waals surface area contributed by atoms with Crippen LogP contribution in [0.1, 0.15) is 35.9 Å². The van der Waals surface area contributed by atoms with E-state index in [2.05, 4.69) is 10.4 Å². The van der Waals surface area contributed by atoms with Gasteiger partial charge in [0, 0.05) is 31.0 Å². The fourth-order valence-corrected chi connectivity index (χ4v) is 4.73. The molecule has 3 aromatic rings. The van der Waals surface area contributed by atoms with Crippen molar-refractivity contribution >= 4 is 17.7 Å². The molecule has 30 heavy (non-hydrogen) atoms. The lowest BCUT2D eigenvalue weighted by Crippen LogP contribution is -2.31. The Morgan fingerprint density at radius 3 is 2.53 bits per heavy atom. The lowest BCUT2D eigenvalue weighted by atomic mass is 10.1. The number of rotatable bonds is 8. The molecular weight excluding hydrogens is 396 g/mol. The Labute approximate surface area is 180 Å². The van der Waals surface area contributed by atoms with E-state index in [0.717, 1.165) is 42.1 Å². The van der Waals surface area contributed by atoms with Gasteiger partial charge in [-0.25, -0.2) is 9.48 Å².